The first kappa shape index (κ1) is 14.3. The Kier molecular flexibility index (Phi) is 3.88. The van der Waals surface area contributed by atoms with Crippen molar-refractivity contribution in [3.05, 3.63) is 54.6 Å². The van der Waals surface area contributed by atoms with E-state index in [-0.39, 0.29) is 0 Å². The maximum Gasteiger partial charge on any atom is 0.127 e. The monoisotopic (exact) mass is 294 g/mol. The van der Waals surface area contributed by atoms with Crippen LogP contribution in [0.5, 0.6) is 17.2 Å². The predicted molar refractivity (Wildman–Crippen MR) is 89.0 cm³/mol. The Balaban J connectivity index is 2.38. The van der Waals surface area contributed by atoms with Gasteiger partial charge in [-0.2, -0.15) is 0 Å². The zero-order valence-corrected chi connectivity index (χ0v) is 12.9. The van der Waals surface area contributed by atoms with Gasteiger partial charge in [0, 0.05) is 11.1 Å². The predicted octanol–water partition coefficient (Wildman–Crippen LogP) is 4.53. The van der Waals surface area contributed by atoms with E-state index < -0.39 is 0 Å². The summed E-state index contributed by atoms with van der Waals surface area (Å²) in [4.78, 5) is 0. The SMILES string of the molecule is COc1ccc(OC)c(-c2c(OC)ccc3ccccc23)c1. The Labute approximate surface area is 130 Å². The van der Waals surface area contributed by atoms with Gasteiger partial charge in [-0.05, 0) is 35.0 Å². The molecule has 0 bridgehead atoms. The highest BCUT2D eigenvalue weighted by atomic mass is 16.5. The summed E-state index contributed by atoms with van der Waals surface area (Å²) in [7, 11) is 5.01. The van der Waals surface area contributed by atoms with Crippen molar-refractivity contribution in [3.63, 3.8) is 0 Å². The molecule has 3 nitrogen and oxygen atoms in total. The topological polar surface area (TPSA) is 27.7 Å². The molecule has 3 aromatic rings. The van der Waals surface area contributed by atoms with Crippen LogP contribution in [0, 0.1) is 0 Å². The second-order valence-corrected chi connectivity index (χ2v) is 4.93. The maximum atomic E-state index is 5.58. The summed E-state index contributed by atoms with van der Waals surface area (Å²) < 4.78 is 16.5. The molecule has 0 aromatic heterocycles. The van der Waals surface area contributed by atoms with Crippen molar-refractivity contribution in [3.8, 4) is 28.4 Å². The number of fused-ring (bicyclic) bond motifs is 1. The third kappa shape index (κ3) is 2.35. The maximum absolute atomic E-state index is 5.58. The minimum absolute atomic E-state index is 0.783. The van der Waals surface area contributed by atoms with Crippen molar-refractivity contribution in [2.45, 2.75) is 0 Å². The minimum atomic E-state index is 0.783. The number of benzene rings is 3. The van der Waals surface area contributed by atoms with E-state index >= 15 is 0 Å². The molecular weight excluding hydrogens is 276 g/mol. The Morgan fingerprint density at radius 1 is 0.682 bits per heavy atom. The summed E-state index contributed by atoms with van der Waals surface area (Å²) >= 11 is 0. The van der Waals surface area contributed by atoms with Crippen LogP contribution in [0.2, 0.25) is 0 Å². The molecule has 3 heteroatoms. The number of ether oxygens (including phenoxy) is 3. The van der Waals surface area contributed by atoms with Crippen LogP contribution >= 0.6 is 0 Å². The van der Waals surface area contributed by atoms with Gasteiger partial charge >= 0.3 is 0 Å². The second kappa shape index (κ2) is 5.98. The standard InChI is InChI=1S/C19H18O3/c1-20-14-9-11-17(21-2)16(12-14)19-15-7-5-4-6-13(15)8-10-18(19)22-3/h4-12H,1-3H3. The Morgan fingerprint density at radius 3 is 2.14 bits per heavy atom. The lowest BCUT2D eigenvalue weighted by Crippen LogP contribution is -1.94. The first-order valence-corrected chi connectivity index (χ1v) is 7.06. The van der Waals surface area contributed by atoms with E-state index in [1.54, 1.807) is 21.3 Å². The summed E-state index contributed by atoms with van der Waals surface area (Å²) in [5.74, 6) is 2.38. The average molecular weight is 294 g/mol. The van der Waals surface area contributed by atoms with Gasteiger partial charge in [0.15, 0.2) is 0 Å². The molecule has 112 valence electrons. The highest BCUT2D eigenvalue weighted by Crippen LogP contribution is 2.42. The lowest BCUT2D eigenvalue weighted by Gasteiger charge is -2.16. The summed E-state index contributed by atoms with van der Waals surface area (Å²) in [6.07, 6.45) is 0. The van der Waals surface area contributed by atoms with Gasteiger partial charge in [0.2, 0.25) is 0 Å². The highest BCUT2D eigenvalue weighted by molar-refractivity contribution is 6.01. The smallest absolute Gasteiger partial charge is 0.127 e. The number of hydrogen-bond donors (Lipinski definition) is 0. The Morgan fingerprint density at radius 2 is 1.41 bits per heavy atom. The number of hydrogen-bond acceptors (Lipinski definition) is 3. The fraction of sp³-hybridized carbons (Fsp3) is 0.158. The third-order valence-corrected chi connectivity index (χ3v) is 3.79. The molecule has 3 rings (SSSR count). The van der Waals surface area contributed by atoms with Crippen LogP contribution in [0.25, 0.3) is 21.9 Å². The molecule has 0 aliphatic heterocycles. The molecule has 0 radical (unpaired) electrons. The van der Waals surface area contributed by atoms with Crippen LogP contribution < -0.4 is 14.2 Å². The molecule has 0 heterocycles. The zero-order valence-electron chi connectivity index (χ0n) is 12.9. The van der Waals surface area contributed by atoms with Crippen molar-refractivity contribution in [2.75, 3.05) is 21.3 Å². The molecule has 0 amide bonds. The first-order chi connectivity index (χ1) is 10.8. The van der Waals surface area contributed by atoms with Gasteiger partial charge in [0.05, 0.1) is 21.3 Å². The van der Waals surface area contributed by atoms with Gasteiger partial charge < -0.3 is 14.2 Å². The lowest BCUT2D eigenvalue weighted by atomic mass is 9.96. The molecule has 0 atom stereocenters. The normalized spacial score (nSPS) is 10.5. The van der Waals surface area contributed by atoms with E-state index in [9.17, 15) is 0 Å². The van der Waals surface area contributed by atoms with E-state index in [4.69, 9.17) is 14.2 Å². The lowest BCUT2D eigenvalue weighted by molar-refractivity contribution is 0.402. The first-order valence-electron chi connectivity index (χ1n) is 7.06. The van der Waals surface area contributed by atoms with Crippen LogP contribution in [0.1, 0.15) is 0 Å². The van der Waals surface area contributed by atoms with Crippen molar-refractivity contribution in [2.24, 2.45) is 0 Å². The molecular formula is C19H18O3. The average Bonchev–Trinajstić information content (AvgIpc) is 2.60. The van der Waals surface area contributed by atoms with Crippen molar-refractivity contribution >= 4 is 10.8 Å². The van der Waals surface area contributed by atoms with E-state index in [0.717, 1.165) is 39.1 Å². The summed E-state index contributed by atoms with van der Waals surface area (Å²) in [6.45, 7) is 0. The molecule has 0 spiro atoms. The van der Waals surface area contributed by atoms with E-state index in [2.05, 4.69) is 18.2 Å². The highest BCUT2D eigenvalue weighted by Gasteiger charge is 2.15. The fourth-order valence-corrected chi connectivity index (χ4v) is 2.71. The minimum Gasteiger partial charge on any atom is -0.497 e. The van der Waals surface area contributed by atoms with Crippen LogP contribution in [0.15, 0.2) is 54.6 Å². The van der Waals surface area contributed by atoms with E-state index in [1.165, 1.54) is 0 Å². The van der Waals surface area contributed by atoms with Gasteiger partial charge in [-0.25, -0.2) is 0 Å². The van der Waals surface area contributed by atoms with Gasteiger partial charge in [-0.3, -0.25) is 0 Å². The number of methoxy groups -OCH3 is 3. The van der Waals surface area contributed by atoms with Gasteiger partial charge in [-0.1, -0.05) is 30.3 Å². The van der Waals surface area contributed by atoms with Crippen LogP contribution in [-0.2, 0) is 0 Å². The molecule has 0 aliphatic carbocycles. The Bertz CT molecular complexity index is 809. The zero-order chi connectivity index (χ0) is 15.5. The summed E-state index contributed by atoms with van der Waals surface area (Å²) in [5, 5.41) is 2.27. The molecule has 0 saturated carbocycles. The Hall–Kier alpha value is -2.68. The molecule has 0 aliphatic rings. The molecule has 0 N–H and O–H groups in total. The largest absolute Gasteiger partial charge is 0.497 e. The van der Waals surface area contributed by atoms with Crippen LogP contribution in [0.3, 0.4) is 0 Å². The van der Waals surface area contributed by atoms with Crippen molar-refractivity contribution < 1.29 is 14.2 Å². The molecule has 0 fully saturated rings. The number of rotatable bonds is 4. The molecule has 0 saturated heterocycles. The molecule has 3 aromatic carbocycles. The quantitative estimate of drug-likeness (QED) is 0.707. The van der Waals surface area contributed by atoms with E-state index in [0.29, 0.717) is 0 Å². The van der Waals surface area contributed by atoms with Gasteiger partial charge in [0.25, 0.3) is 0 Å². The summed E-state index contributed by atoms with van der Waals surface area (Å²) in [5.41, 5.74) is 1.96. The van der Waals surface area contributed by atoms with E-state index in [1.807, 2.05) is 36.4 Å². The second-order valence-electron chi connectivity index (χ2n) is 4.93. The molecule has 0 unspecified atom stereocenters. The van der Waals surface area contributed by atoms with Crippen LogP contribution in [0.4, 0.5) is 0 Å². The summed E-state index contributed by atoms with van der Waals surface area (Å²) in [6, 6.07) is 18.1. The van der Waals surface area contributed by atoms with Crippen molar-refractivity contribution in [1.29, 1.82) is 0 Å². The van der Waals surface area contributed by atoms with Gasteiger partial charge in [0.1, 0.15) is 17.2 Å². The van der Waals surface area contributed by atoms with Crippen molar-refractivity contribution in [1.82, 2.24) is 0 Å². The third-order valence-electron chi connectivity index (χ3n) is 3.79. The van der Waals surface area contributed by atoms with Crippen LogP contribution in [-0.4, -0.2) is 21.3 Å². The fourth-order valence-electron chi connectivity index (χ4n) is 2.71. The molecule has 22 heavy (non-hydrogen) atoms. The van der Waals surface area contributed by atoms with Gasteiger partial charge in [-0.15, -0.1) is 0 Å².